The van der Waals surface area contributed by atoms with E-state index in [1.807, 2.05) is 7.05 Å². The zero-order chi connectivity index (χ0) is 10.7. The molecule has 2 heterocycles. The molecule has 0 aliphatic carbocycles. The molecule has 1 N–H and O–H groups in total. The molecule has 1 aliphatic heterocycles. The van der Waals surface area contributed by atoms with E-state index in [1.54, 1.807) is 11.3 Å². The van der Waals surface area contributed by atoms with Gasteiger partial charge in [0, 0.05) is 4.88 Å². The number of hydrogen-bond acceptors (Lipinski definition) is 4. The maximum absolute atomic E-state index is 5.73. The maximum Gasteiger partial charge on any atom is 0.100 e. The van der Waals surface area contributed by atoms with Crippen molar-refractivity contribution >= 4 is 11.3 Å². The highest BCUT2D eigenvalue weighted by Crippen LogP contribution is 2.27. The molecule has 1 aromatic rings. The molecule has 84 valence electrons. The summed E-state index contributed by atoms with van der Waals surface area (Å²) in [5, 5.41) is 5.44. The number of likely N-dealkylation sites (N-methyl/N-ethyl adjacent to an activating group) is 1. The van der Waals surface area contributed by atoms with E-state index in [9.17, 15) is 0 Å². The fraction of sp³-hybridized carbons (Fsp3) is 0.636. The minimum Gasteiger partial charge on any atom is -0.376 e. The highest BCUT2D eigenvalue weighted by molar-refractivity contribution is 7.10. The summed E-state index contributed by atoms with van der Waals surface area (Å²) >= 11 is 1.78. The minimum atomic E-state index is 0.136. The molecule has 0 aromatic carbocycles. The van der Waals surface area contributed by atoms with Crippen molar-refractivity contribution in [2.45, 2.75) is 19.1 Å². The lowest BCUT2D eigenvalue weighted by molar-refractivity contribution is -0.101. The zero-order valence-electron chi connectivity index (χ0n) is 9.16. The van der Waals surface area contributed by atoms with Crippen LogP contribution in [0.4, 0.5) is 0 Å². The molecule has 1 saturated heterocycles. The average Bonchev–Trinajstić information content (AvgIpc) is 2.68. The number of nitrogens with one attached hydrogen (secondary N) is 1. The summed E-state index contributed by atoms with van der Waals surface area (Å²) in [7, 11) is 1.97. The van der Waals surface area contributed by atoms with Gasteiger partial charge in [-0.25, -0.2) is 0 Å². The van der Waals surface area contributed by atoms with Crippen molar-refractivity contribution in [3.8, 4) is 0 Å². The number of rotatable bonds is 3. The second kappa shape index (κ2) is 5.07. The summed E-state index contributed by atoms with van der Waals surface area (Å²) in [6.07, 6.45) is 0.136. The van der Waals surface area contributed by atoms with Gasteiger partial charge in [-0.1, -0.05) is 0 Å². The summed E-state index contributed by atoms with van der Waals surface area (Å²) in [5.41, 5.74) is 1.33. The lowest BCUT2D eigenvalue weighted by Crippen LogP contribution is -2.39. The molecular weight excluding hydrogens is 210 g/mol. The number of aryl methyl sites for hydroxylation is 1. The van der Waals surface area contributed by atoms with E-state index in [2.05, 4.69) is 23.7 Å². The normalized spacial score (nSPS) is 24.0. The Kier molecular flexibility index (Phi) is 3.75. The van der Waals surface area contributed by atoms with Crippen LogP contribution in [0.2, 0.25) is 0 Å². The molecule has 1 fully saturated rings. The average molecular weight is 227 g/mol. The first-order valence-corrected chi connectivity index (χ1v) is 6.11. The van der Waals surface area contributed by atoms with Crippen LogP contribution in [0.1, 0.15) is 16.5 Å². The third kappa shape index (κ3) is 2.39. The van der Waals surface area contributed by atoms with E-state index in [4.69, 9.17) is 9.47 Å². The highest BCUT2D eigenvalue weighted by atomic mass is 32.1. The van der Waals surface area contributed by atoms with Crippen molar-refractivity contribution in [2.75, 3.05) is 26.9 Å². The summed E-state index contributed by atoms with van der Waals surface area (Å²) in [4.78, 5) is 1.35. The van der Waals surface area contributed by atoms with E-state index in [0.29, 0.717) is 13.2 Å². The molecule has 0 bridgehead atoms. The Morgan fingerprint density at radius 1 is 1.53 bits per heavy atom. The van der Waals surface area contributed by atoms with Gasteiger partial charge < -0.3 is 14.8 Å². The van der Waals surface area contributed by atoms with E-state index < -0.39 is 0 Å². The highest BCUT2D eigenvalue weighted by Gasteiger charge is 2.26. The second-order valence-electron chi connectivity index (χ2n) is 3.68. The van der Waals surface area contributed by atoms with Gasteiger partial charge in [-0.3, -0.25) is 0 Å². The molecule has 0 radical (unpaired) electrons. The maximum atomic E-state index is 5.73. The Balaban J connectivity index is 2.12. The molecule has 1 aliphatic rings. The predicted octanol–water partition coefficient (Wildman–Crippen LogP) is 1.73. The minimum absolute atomic E-state index is 0.136. The molecule has 1 aromatic heterocycles. The fourth-order valence-corrected chi connectivity index (χ4v) is 2.71. The standard InChI is InChI=1S/C11H17NO2S/c1-8-9(3-6-15-8)11(12-2)10-7-13-4-5-14-10/h3,6,10-12H,4-5,7H2,1-2H3. The van der Waals surface area contributed by atoms with E-state index in [-0.39, 0.29) is 12.1 Å². The summed E-state index contributed by atoms with van der Waals surface area (Å²) in [6.45, 7) is 4.25. The molecule has 2 unspecified atom stereocenters. The Bertz CT molecular complexity index is 307. The SMILES string of the molecule is CNC(c1ccsc1C)C1COCCO1. The van der Waals surface area contributed by atoms with Gasteiger partial charge in [-0.2, -0.15) is 0 Å². The third-order valence-electron chi connectivity index (χ3n) is 2.76. The summed E-state index contributed by atoms with van der Waals surface area (Å²) < 4.78 is 11.2. The Morgan fingerprint density at radius 3 is 2.93 bits per heavy atom. The molecule has 4 heteroatoms. The van der Waals surface area contributed by atoms with Crippen LogP contribution in [0, 0.1) is 6.92 Å². The first-order valence-electron chi connectivity index (χ1n) is 5.23. The number of hydrogen-bond donors (Lipinski definition) is 1. The van der Waals surface area contributed by atoms with E-state index in [1.165, 1.54) is 10.4 Å². The third-order valence-corrected chi connectivity index (χ3v) is 3.62. The van der Waals surface area contributed by atoms with E-state index in [0.717, 1.165) is 6.61 Å². The first kappa shape index (κ1) is 11.1. The Labute approximate surface area is 94.4 Å². The van der Waals surface area contributed by atoms with Gasteiger partial charge in [0.1, 0.15) is 6.10 Å². The largest absolute Gasteiger partial charge is 0.376 e. The predicted molar refractivity (Wildman–Crippen MR) is 61.4 cm³/mol. The van der Waals surface area contributed by atoms with Gasteiger partial charge >= 0.3 is 0 Å². The van der Waals surface area contributed by atoms with Crippen molar-refractivity contribution in [1.82, 2.24) is 5.32 Å². The van der Waals surface area contributed by atoms with Gasteiger partial charge in [0.15, 0.2) is 0 Å². The molecular formula is C11H17NO2S. The van der Waals surface area contributed by atoms with Crippen LogP contribution in [-0.4, -0.2) is 33.0 Å². The van der Waals surface area contributed by atoms with Crippen LogP contribution in [0.3, 0.4) is 0 Å². The van der Waals surface area contributed by atoms with Gasteiger partial charge in [-0.05, 0) is 31.0 Å². The van der Waals surface area contributed by atoms with Crippen molar-refractivity contribution in [3.63, 3.8) is 0 Å². The van der Waals surface area contributed by atoms with Crippen LogP contribution in [0.15, 0.2) is 11.4 Å². The molecule has 15 heavy (non-hydrogen) atoms. The Hall–Kier alpha value is -0.420. The lowest BCUT2D eigenvalue weighted by Gasteiger charge is -2.30. The monoisotopic (exact) mass is 227 g/mol. The Morgan fingerprint density at radius 2 is 2.40 bits per heavy atom. The van der Waals surface area contributed by atoms with Crippen molar-refractivity contribution in [1.29, 1.82) is 0 Å². The zero-order valence-corrected chi connectivity index (χ0v) is 9.97. The van der Waals surface area contributed by atoms with Crippen molar-refractivity contribution < 1.29 is 9.47 Å². The second-order valence-corrected chi connectivity index (χ2v) is 4.80. The molecule has 3 nitrogen and oxygen atoms in total. The molecule has 2 atom stereocenters. The summed E-state index contributed by atoms with van der Waals surface area (Å²) in [5.74, 6) is 0. The van der Waals surface area contributed by atoms with Crippen LogP contribution in [0.25, 0.3) is 0 Å². The van der Waals surface area contributed by atoms with Crippen molar-refractivity contribution in [3.05, 3.63) is 21.9 Å². The van der Waals surface area contributed by atoms with Crippen LogP contribution >= 0.6 is 11.3 Å². The van der Waals surface area contributed by atoms with Gasteiger partial charge in [-0.15, -0.1) is 11.3 Å². The number of thiophene rings is 1. The lowest BCUT2D eigenvalue weighted by atomic mass is 10.0. The van der Waals surface area contributed by atoms with E-state index >= 15 is 0 Å². The van der Waals surface area contributed by atoms with Crippen molar-refractivity contribution in [2.24, 2.45) is 0 Å². The van der Waals surface area contributed by atoms with Gasteiger partial charge in [0.25, 0.3) is 0 Å². The summed E-state index contributed by atoms with van der Waals surface area (Å²) in [6, 6.07) is 2.41. The quantitative estimate of drug-likeness (QED) is 0.853. The number of ether oxygens (including phenoxy) is 2. The molecule has 0 amide bonds. The van der Waals surface area contributed by atoms with Gasteiger partial charge in [0.05, 0.1) is 25.9 Å². The van der Waals surface area contributed by atoms with Crippen LogP contribution in [-0.2, 0) is 9.47 Å². The molecule has 0 spiro atoms. The van der Waals surface area contributed by atoms with Crippen LogP contribution in [0.5, 0.6) is 0 Å². The first-order chi connectivity index (χ1) is 7.33. The molecule has 0 saturated carbocycles. The fourth-order valence-electron chi connectivity index (χ4n) is 1.96. The van der Waals surface area contributed by atoms with Gasteiger partial charge in [0.2, 0.25) is 0 Å². The van der Waals surface area contributed by atoms with Crippen LogP contribution < -0.4 is 5.32 Å². The topological polar surface area (TPSA) is 30.5 Å². The molecule has 2 rings (SSSR count). The smallest absolute Gasteiger partial charge is 0.100 e.